The van der Waals surface area contributed by atoms with Gasteiger partial charge in [-0.3, -0.25) is 0 Å². The van der Waals surface area contributed by atoms with Gasteiger partial charge in [0.1, 0.15) is 0 Å². The zero-order valence-corrected chi connectivity index (χ0v) is 33.7. The van der Waals surface area contributed by atoms with Gasteiger partial charge < -0.3 is 4.90 Å². The van der Waals surface area contributed by atoms with Crippen molar-refractivity contribution in [2.75, 3.05) is 4.90 Å². The number of benzene rings is 10. The summed E-state index contributed by atoms with van der Waals surface area (Å²) in [5.41, 5.74) is 15.1. The van der Waals surface area contributed by atoms with Crippen LogP contribution in [-0.2, 0) is 0 Å². The molecule has 0 fully saturated rings. The molecule has 11 rings (SSSR count). The molecule has 0 bridgehead atoms. The third kappa shape index (κ3) is 6.35. The summed E-state index contributed by atoms with van der Waals surface area (Å²) in [7, 11) is 0. The first-order chi connectivity index (χ1) is 29.8. The maximum Gasteiger partial charge on any atom is 0.0546 e. The first-order valence-electron chi connectivity index (χ1n) is 20.5. The molecule has 282 valence electrons. The molecule has 11 aromatic rings. The van der Waals surface area contributed by atoms with Crippen molar-refractivity contribution in [2.24, 2.45) is 0 Å². The third-order valence-electron chi connectivity index (χ3n) is 11.7. The van der Waals surface area contributed by atoms with Crippen LogP contribution >= 0.6 is 11.3 Å². The van der Waals surface area contributed by atoms with Crippen molar-refractivity contribution in [2.45, 2.75) is 0 Å². The van der Waals surface area contributed by atoms with Crippen LogP contribution < -0.4 is 4.90 Å². The molecule has 0 saturated heterocycles. The number of para-hydroxylation sites is 1. The standard InChI is InChI=1S/C58H39NS/c1-3-19-41(20-4-1)47-26-9-10-29-51(47)57-48(42-21-5-2-6-22-42)30-17-34-55(57)59(46-25-15-24-44(39-46)45-37-36-40-18-7-8-23-43(40)38-45)54-33-13-11-27-49(54)52-31-16-32-53-50-28-12-14-35-56(50)60-58(52)53/h1-39H. The minimum absolute atomic E-state index is 1.08. The molecule has 0 aliphatic heterocycles. The Morgan fingerprint density at radius 2 is 0.850 bits per heavy atom. The normalized spacial score (nSPS) is 11.3. The van der Waals surface area contributed by atoms with Crippen LogP contribution in [0.2, 0.25) is 0 Å². The maximum atomic E-state index is 2.51. The Morgan fingerprint density at radius 1 is 0.300 bits per heavy atom. The number of nitrogens with zero attached hydrogens (tertiary/aromatic N) is 1. The minimum atomic E-state index is 1.08. The summed E-state index contributed by atoms with van der Waals surface area (Å²) in [4.78, 5) is 2.51. The van der Waals surface area contributed by atoms with E-state index in [-0.39, 0.29) is 0 Å². The number of fused-ring (bicyclic) bond motifs is 4. The third-order valence-corrected chi connectivity index (χ3v) is 12.9. The molecule has 0 amide bonds. The van der Waals surface area contributed by atoms with Crippen LogP contribution in [0, 0.1) is 0 Å². The van der Waals surface area contributed by atoms with Crippen LogP contribution in [0.5, 0.6) is 0 Å². The molecule has 0 saturated carbocycles. The Labute approximate surface area is 354 Å². The fraction of sp³-hybridized carbons (Fsp3) is 0. The lowest BCUT2D eigenvalue weighted by molar-refractivity contribution is 1.28. The number of hydrogen-bond donors (Lipinski definition) is 0. The van der Waals surface area contributed by atoms with Gasteiger partial charge in [0, 0.05) is 42.6 Å². The van der Waals surface area contributed by atoms with E-state index in [9.17, 15) is 0 Å². The Morgan fingerprint density at radius 3 is 1.68 bits per heavy atom. The second-order valence-corrected chi connectivity index (χ2v) is 16.3. The van der Waals surface area contributed by atoms with Crippen LogP contribution in [0.25, 0.3) is 86.6 Å². The van der Waals surface area contributed by atoms with Crippen molar-refractivity contribution in [1.29, 1.82) is 0 Å². The van der Waals surface area contributed by atoms with E-state index in [4.69, 9.17) is 0 Å². The highest BCUT2D eigenvalue weighted by Crippen LogP contribution is 2.51. The lowest BCUT2D eigenvalue weighted by Crippen LogP contribution is -2.13. The molecule has 0 spiro atoms. The first kappa shape index (κ1) is 35.6. The highest BCUT2D eigenvalue weighted by molar-refractivity contribution is 7.26. The molecule has 0 radical (unpaired) electrons. The van der Waals surface area contributed by atoms with Gasteiger partial charge in [0.05, 0.1) is 11.4 Å². The van der Waals surface area contributed by atoms with Gasteiger partial charge in [0.25, 0.3) is 0 Å². The van der Waals surface area contributed by atoms with Gasteiger partial charge in [-0.05, 0) is 86.1 Å². The van der Waals surface area contributed by atoms with E-state index in [0.717, 1.165) is 22.6 Å². The summed E-state index contributed by atoms with van der Waals surface area (Å²) in [6.07, 6.45) is 0. The molecule has 1 heterocycles. The molecule has 2 heteroatoms. The van der Waals surface area contributed by atoms with E-state index in [1.54, 1.807) is 0 Å². The smallest absolute Gasteiger partial charge is 0.0546 e. The van der Waals surface area contributed by atoms with Crippen LogP contribution in [0.15, 0.2) is 237 Å². The monoisotopic (exact) mass is 781 g/mol. The molecule has 60 heavy (non-hydrogen) atoms. The SMILES string of the molecule is c1ccc(-c2ccccc2-c2c(-c3ccccc3)cccc2N(c2cccc(-c3ccc4ccccc4c3)c2)c2ccccc2-c2cccc3c2sc2ccccc23)cc1. The lowest BCUT2D eigenvalue weighted by atomic mass is 9.87. The van der Waals surface area contributed by atoms with Crippen LogP contribution in [-0.4, -0.2) is 0 Å². The van der Waals surface area contributed by atoms with E-state index in [2.05, 4.69) is 241 Å². The van der Waals surface area contributed by atoms with Gasteiger partial charge in [-0.25, -0.2) is 0 Å². The van der Waals surface area contributed by atoms with Crippen LogP contribution in [0.1, 0.15) is 0 Å². The van der Waals surface area contributed by atoms with E-state index in [0.29, 0.717) is 0 Å². The van der Waals surface area contributed by atoms with Crippen molar-refractivity contribution >= 4 is 59.3 Å². The predicted molar refractivity (Wildman–Crippen MR) is 259 cm³/mol. The summed E-state index contributed by atoms with van der Waals surface area (Å²) in [5.74, 6) is 0. The maximum absolute atomic E-state index is 2.51. The zero-order valence-electron chi connectivity index (χ0n) is 32.9. The largest absolute Gasteiger partial charge is 0.309 e. The van der Waals surface area contributed by atoms with Gasteiger partial charge in [0.15, 0.2) is 0 Å². The summed E-state index contributed by atoms with van der Waals surface area (Å²) in [6, 6.07) is 86.3. The van der Waals surface area contributed by atoms with Crippen LogP contribution in [0.4, 0.5) is 17.1 Å². The number of anilines is 3. The summed E-state index contributed by atoms with van der Waals surface area (Å²) in [6.45, 7) is 0. The Hall–Kier alpha value is -7.52. The van der Waals surface area contributed by atoms with E-state index < -0.39 is 0 Å². The molecule has 0 aliphatic carbocycles. The Kier molecular flexibility index (Phi) is 9.11. The Bertz CT molecular complexity index is 3330. The summed E-state index contributed by atoms with van der Waals surface area (Å²) in [5, 5.41) is 5.06. The molecule has 0 aliphatic rings. The second-order valence-electron chi connectivity index (χ2n) is 15.2. The van der Waals surface area contributed by atoms with Gasteiger partial charge in [-0.1, -0.05) is 200 Å². The summed E-state index contributed by atoms with van der Waals surface area (Å²) < 4.78 is 2.59. The number of thiophene rings is 1. The van der Waals surface area contributed by atoms with Gasteiger partial charge in [-0.2, -0.15) is 0 Å². The molecular weight excluding hydrogens is 743 g/mol. The molecule has 1 aromatic heterocycles. The quantitative estimate of drug-likeness (QED) is 0.148. The average molecular weight is 782 g/mol. The van der Waals surface area contributed by atoms with E-state index >= 15 is 0 Å². The van der Waals surface area contributed by atoms with Gasteiger partial charge in [-0.15, -0.1) is 11.3 Å². The molecule has 0 unspecified atom stereocenters. The topological polar surface area (TPSA) is 3.24 Å². The lowest BCUT2D eigenvalue weighted by Gasteiger charge is -2.32. The average Bonchev–Trinajstić information content (AvgIpc) is 3.71. The fourth-order valence-corrected chi connectivity index (χ4v) is 10.1. The number of rotatable bonds is 8. The highest BCUT2D eigenvalue weighted by atomic mass is 32.1. The zero-order chi connectivity index (χ0) is 39.8. The molecule has 0 atom stereocenters. The fourth-order valence-electron chi connectivity index (χ4n) is 8.90. The minimum Gasteiger partial charge on any atom is -0.309 e. The first-order valence-corrected chi connectivity index (χ1v) is 21.3. The Balaban J connectivity index is 1.22. The molecule has 0 N–H and O–H groups in total. The van der Waals surface area contributed by atoms with Crippen molar-refractivity contribution in [3.63, 3.8) is 0 Å². The van der Waals surface area contributed by atoms with Crippen LogP contribution in [0.3, 0.4) is 0 Å². The molecule has 10 aromatic carbocycles. The molecular formula is C58H39NS. The summed E-state index contributed by atoms with van der Waals surface area (Å²) >= 11 is 1.88. The van der Waals surface area contributed by atoms with Crippen molar-refractivity contribution < 1.29 is 0 Å². The predicted octanol–water partition coefficient (Wildman–Crippen LogP) is 17.0. The van der Waals surface area contributed by atoms with E-state index in [1.807, 2.05) is 11.3 Å². The molecule has 1 nitrogen and oxygen atoms in total. The van der Waals surface area contributed by atoms with Crippen molar-refractivity contribution in [3.8, 4) is 55.6 Å². The van der Waals surface area contributed by atoms with Gasteiger partial charge >= 0.3 is 0 Å². The second kappa shape index (κ2) is 15.3. The van der Waals surface area contributed by atoms with E-state index in [1.165, 1.54) is 81.0 Å². The van der Waals surface area contributed by atoms with Gasteiger partial charge in [0.2, 0.25) is 0 Å². The van der Waals surface area contributed by atoms with Crippen molar-refractivity contribution in [1.82, 2.24) is 0 Å². The highest BCUT2D eigenvalue weighted by Gasteiger charge is 2.25. The van der Waals surface area contributed by atoms with Crippen molar-refractivity contribution in [3.05, 3.63) is 237 Å². The number of hydrogen-bond acceptors (Lipinski definition) is 2.